The van der Waals surface area contributed by atoms with Crippen molar-refractivity contribution in [1.82, 2.24) is 5.32 Å². The second-order valence-corrected chi connectivity index (χ2v) is 5.94. The van der Waals surface area contributed by atoms with Crippen LogP contribution in [0.2, 0.25) is 0 Å². The molecule has 0 aliphatic heterocycles. The molecular weight excluding hydrogens is 172 g/mol. The van der Waals surface area contributed by atoms with E-state index < -0.39 is 0 Å². The lowest BCUT2D eigenvalue weighted by molar-refractivity contribution is 0.302. The van der Waals surface area contributed by atoms with Crippen LogP contribution in [0.4, 0.5) is 0 Å². The van der Waals surface area contributed by atoms with Crippen molar-refractivity contribution < 1.29 is 0 Å². The molecule has 0 aromatic rings. The average Bonchev–Trinajstić information content (AvgIpc) is 2.73. The summed E-state index contributed by atoms with van der Waals surface area (Å²) in [4.78, 5) is 0. The van der Waals surface area contributed by atoms with Crippen LogP contribution >= 0.6 is 0 Å². The fourth-order valence-electron chi connectivity index (χ4n) is 1.66. The van der Waals surface area contributed by atoms with Gasteiger partial charge in [0.1, 0.15) is 0 Å². The van der Waals surface area contributed by atoms with Crippen LogP contribution in [0.15, 0.2) is 0 Å². The van der Waals surface area contributed by atoms with Gasteiger partial charge in [0.05, 0.1) is 0 Å². The monoisotopic (exact) mass is 198 g/mol. The molecule has 1 rings (SSSR count). The molecule has 3 N–H and O–H groups in total. The molecule has 84 valence electrons. The van der Waals surface area contributed by atoms with Crippen molar-refractivity contribution in [3.05, 3.63) is 0 Å². The lowest BCUT2D eigenvalue weighted by Gasteiger charge is -2.27. The van der Waals surface area contributed by atoms with Crippen LogP contribution in [0.25, 0.3) is 0 Å². The molecule has 14 heavy (non-hydrogen) atoms. The molecule has 0 amide bonds. The summed E-state index contributed by atoms with van der Waals surface area (Å²) in [5.41, 5.74) is 6.32. The molecule has 0 aromatic heterocycles. The first kappa shape index (κ1) is 12.0. The van der Waals surface area contributed by atoms with E-state index in [9.17, 15) is 0 Å². The third kappa shape index (κ3) is 3.97. The average molecular weight is 198 g/mol. The smallest absolute Gasteiger partial charge is 0.00997 e. The molecule has 0 saturated heterocycles. The summed E-state index contributed by atoms with van der Waals surface area (Å²) in [6, 6.07) is 0.312. The maximum absolute atomic E-state index is 6.07. The van der Waals surface area contributed by atoms with Gasteiger partial charge >= 0.3 is 0 Å². The Kier molecular flexibility index (Phi) is 3.96. The van der Waals surface area contributed by atoms with E-state index in [0.717, 1.165) is 24.8 Å². The van der Waals surface area contributed by atoms with Crippen molar-refractivity contribution in [3.63, 3.8) is 0 Å². The molecule has 1 saturated carbocycles. The van der Waals surface area contributed by atoms with Crippen LogP contribution in [0.1, 0.15) is 40.5 Å². The Bertz CT molecular complexity index is 172. The van der Waals surface area contributed by atoms with Crippen molar-refractivity contribution in [2.24, 2.45) is 23.0 Å². The number of nitrogens with one attached hydrogen (secondary N) is 1. The predicted octanol–water partition coefficient (Wildman–Crippen LogP) is 2.00. The largest absolute Gasteiger partial charge is 0.327 e. The second-order valence-electron chi connectivity index (χ2n) is 5.94. The first-order valence-electron chi connectivity index (χ1n) is 5.87. The first-order chi connectivity index (χ1) is 6.41. The van der Waals surface area contributed by atoms with Crippen LogP contribution in [0, 0.1) is 17.3 Å². The summed E-state index contributed by atoms with van der Waals surface area (Å²) in [5, 5.41) is 3.50. The quantitative estimate of drug-likeness (QED) is 0.663. The standard InChI is InChI=1S/C12H26N2/c1-9-7-10(9)8-14-6-5-11(13)12(2,3)4/h9-11,14H,5-8,13H2,1-4H3. The lowest BCUT2D eigenvalue weighted by atomic mass is 9.85. The zero-order valence-corrected chi connectivity index (χ0v) is 10.1. The highest BCUT2D eigenvalue weighted by Crippen LogP contribution is 2.36. The van der Waals surface area contributed by atoms with Gasteiger partial charge in [-0.3, -0.25) is 0 Å². The van der Waals surface area contributed by atoms with Crippen LogP contribution in [-0.4, -0.2) is 19.1 Å². The molecule has 1 aliphatic carbocycles. The van der Waals surface area contributed by atoms with Gasteiger partial charge in [-0.05, 0) is 43.2 Å². The van der Waals surface area contributed by atoms with Gasteiger partial charge in [-0.25, -0.2) is 0 Å². The normalized spacial score (nSPS) is 28.9. The first-order valence-corrected chi connectivity index (χ1v) is 5.87. The maximum atomic E-state index is 6.07. The molecule has 0 bridgehead atoms. The second kappa shape index (κ2) is 4.63. The van der Waals surface area contributed by atoms with Crippen molar-refractivity contribution in [3.8, 4) is 0 Å². The molecule has 3 unspecified atom stereocenters. The number of rotatable bonds is 5. The van der Waals surface area contributed by atoms with Crippen molar-refractivity contribution in [2.75, 3.05) is 13.1 Å². The molecule has 0 radical (unpaired) electrons. The topological polar surface area (TPSA) is 38.0 Å². The molecule has 2 heteroatoms. The Morgan fingerprint density at radius 3 is 2.43 bits per heavy atom. The van der Waals surface area contributed by atoms with Gasteiger partial charge in [0.15, 0.2) is 0 Å². The maximum Gasteiger partial charge on any atom is 0.00997 e. The van der Waals surface area contributed by atoms with Crippen LogP contribution in [0.5, 0.6) is 0 Å². The van der Waals surface area contributed by atoms with E-state index in [-0.39, 0.29) is 5.41 Å². The summed E-state index contributed by atoms with van der Waals surface area (Å²) in [5.74, 6) is 1.90. The Labute approximate surface area is 88.6 Å². The minimum absolute atomic E-state index is 0.245. The van der Waals surface area contributed by atoms with Crippen LogP contribution < -0.4 is 11.1 Å². The van der Waals surface area contributed by atoms with Gasteiger partial charge in [0.25, 0.3) is 0 Å². The summed E-state index contributed by atoms with van der Waals surface area (Å²) in [6.45, 7) is 11.2. The van der Waals surface area contributed by atoms with E-state index >= 15 is 0 Å². The molecule has 0 heterocycles. The van der Waals surface area contributed by atoms with E-state index in [4.69, 9.17) is 5.73 Å². The molecule has 0 spiro atoms. The van der Waals surface area contributed by atoms with Crippen molar-refractivity contribution in [2.45, 2.75) is 46.6 Å². The number of nitrogens with two attached hydrogens (primary N) is 1. The Balaban J connectivity index is 1.98. The van der Waals surface area contributed by atoms with Gasteiger partial charge in [0.2, 0.25) is 0 Å². The highest BCUT2D eigenvalue weighted by Gasteiger charge is 2.31. The summed E-state index contributed by atoms with van der Waals surface area (Å²) < 4.78 is 0. The zero-order valence-electron chi connectivity index (χ0n) is 10.1. The minimum Gasteiger partial charge on any atom is -0.327 e. The minimum atomic E-state index is 0.245. The molecule has 1 aliphatic rings. The third-order valence-corrected chi connectivity index (χ3v) is 3.43. The van der Waals surface area contributed by atoms with Crippen LogP contribution in [0.3, 0.4) is 0 Å². The van der Waals surface area contributed by atoms with Gasteiger partial charge in [0, 0.05) is 6.04 Å². The third-order valence-electron chi connectivity index (χ3n) is 3.43. The fraction of sp³-hybridized carbons (Fsp3) is 1.00. The SMILES string of the molecule is CC1CC1CNCCC(N)C(C)(C)C. The molecular formula is C12H26N2. The highest BCUT2D eigenvalue weighted by atomic mass is 14.9. The van der Waals surface area contributed by atoms with Crippen molar-refractivity contribution >= 4 is 0 Å². The molecule has 0 aromatic carbocycles. The summed E-state index contributed by atoms with van der Waals surface area (Å²) >= 11 is 0. The van der Waals surface area contributed by atoms with E-state index in [2.05, 4.69) is 33.0 Å². The number of hydrogen-bond acceptors (Lipinski definition) is 2. The molecule has 1 fully saturated rings. The highest BCUT2D eigenvalue weighted by molar-refractivity contribution is 4.84. The Morgan fingerprint density at radius 1 is 1.43 bits per heavy atom. The summed E-state index contributed by atoms with van der Waals surface area (Å²) in [7, 11) is 0. The van der Waals surface area contributed by atoms with Gasteiger partial charge in [-0.2, -0.15) is 0 Å². The molecule has 3 atom stereocenters. The fourth-order valence-corrected chi connectivity index (χ4v) is 1.66. The summed E-state index contributed by atoms with van der Waals surface area (Å²) in [6.07, 6.45) is 2.50. The van der Waals surface area contributed by atoms with E-state index in [1.54, 1.807) is 0 Å². The van der Waals surface area contributed by atoms with Gasteiger partial charge < -0.3 is 11.1 Å². The Morgan fingerprint density at radius 2 is 2.00 bits per heavy atom. The van der Waals surface area contributed by atoms with Gasteiger partial charge in [-0.15, -0.1) is 0 Å². The van der Waals surface area contributed by atoms with Gasteiger partial charge in [-0.1, -0.05) is 27.7 Å². The zero-order chi connectivity index (χ0) is 10.8. The Hall–Kier alpha value is -0.0800. The number of hydrogen-bond donors (Lipinski definition) is 2. The van der Waals surface area contributed by atoms with E-state index in [1.165, 1.54) is 13.0 Å². The molecule has 2 nitrogen and oxygen atoms in total. The van der Waals surface area contributed by atoms with Crippen molar-refractivity contribution in [1.29, 1.82) is 0 Å². The van der Waals surface area contributed by atoms with Crippen LogP contribution in [-0.2, 0) is 0 Å². The van der Waals surface area contributed by atoms with E-state index in [1.807, 2.05) is 0 Å². The van der Waals surface area contributed by atoms with E-state index in [0.29, 0.717) is 6.04 Å². The predicted molar refractivity (Wildman–Crippen MR) is 62.2 cm³/mol. The lowest BCUT2D eigenvalue weighted by Crippen LogP contribution is -2.37.